The van der Waals surface area contributed by atoms with E-state index in [0.717, 1.165) is 45.6 Å². The molecular formula is C19H27FN4O2. The van der Waals surface area contributed by atoms with E-state index in [9.17, 15) is 4.39 Å². The number of benzene rings is 1. The Bertz CT molecular complexity index is 624. The third-order valence-electron chi connectivity index (χ3n) is 4.30. The fourth-order valence-electron chi connectivity index (χ4n) is 2.70. The van der Waals surface area contributed by atoms with Crippen LogP contribution in [0.15, 0.2) is 23.2 Å². The zero-order chi connectivity index (χ0) is 18.6. The first-order chi connectivity index (χ1) is 12.7. The minimum atomic E-state index is -0.395. The van der Waals surface area contributed by atoms with Crippen LogP contribution in [0.25, 0.3) is 0 Å². The molecule has 0 amide bonds. The maximum absolute atomic E-state index is 13.9. The van der Waals surface area contributed by atoms with Crippen molar-refractivity contribution in [3.8, 4) is 6.07 Å². The highest BCUT2D eigenvalue weighted by molar-refractivity contribution is 5.79. The predicted molar refractivity (Wildman–Crippen MR) is 98.3 cm³/mol. The zero-order valence-electron chi connectivity index (χ0n) is 15.3. The molecule has 0 bridgehead atoms. The first-order valence-electron chi connectivity index (χ1n) is 9.01. The normalized spacial score (nSPS) is 15.5. The molecule has 0 aliphatic carbocycles. The molecule has 0 radical (unpaired) electrons. The fourth-order valence-corrected chi connectivity index (χ4v) is 2.70. The Hall–Kier alpha value is -2.17. The highest BCUT2D eigenvalue weighted by Gasteiger charge is 2.13. The van der Waals surface area contributed by atoms with E-state index in [4.69, 9.17) is 14.7 Å². The Morgan fingerprint density at radius 2 is 2.19 bits per heavy atom. The predicted octanol–water partition coefficient (Wildman–Crippen LogP) is 2.20. The molecule has 142 valence electrons. The van der Waals surface area contributed by atoms with Gasteiger partial charge in [0.1, 0.15) is 5.82 Å². The smallest absolute Gasteiger partial charge is 0.191 e. The van der Waals surface area contributed by atoms with Gasteiger partial charge < -0.3 is 20.1 Å². The number of nitrogens with one attached hydrogen (secondary N) is 2. The van der Waals surface area contributed by atoms with E-state index in [1.807, 2.05) is 6.07 Å². The van der Waals surface area contributed by atoms with Gasteiger partial charge in [0.2, 0.25) is 0 Å². The number of nitrogens with zero attached hydrogens (tertiary/aromatic N) is 2. The molecule has 2 N–H and O–H groups in total. The van der Waals surface area contributed by atoms with Crippen molar-refractivity contribution >= 4 is 5.96 Å². The van der Waals surface area contributed by atoms with Crippen molar-refractivity contribution in [2.45, 2.75) is 25.8 Å². The van der Waals surface area contributed by atoms with Gasteiger partial charge in [-0.2, -0.15) is 5.26 Å². The van der Waals surface area contributed by atoms with Gasteiger partial charge in [0.05, 0.1) is 11.6 Å². The van der Waals surface area contributed by atoms with E-state index < -0.39 is 5.82 Å². The van der Waals surface area contributed by atoms with Crippen LogP contribution in [-0.2, 0) is 16.0 Å². The van der Waals surface area contributed by atoms with Gasteiger partial charge in [0, 0.05) is 52.1 Å². The summed E-state index contributed by atoms with van der Waals surface area (Å²) < 4.78 is 24.9. The van der Waals surface area contributed by atoms with Crippen LogP contribution in [0, 0.1) is 23.1 Å². The van der Waals surface area contributed by atoms with Crippen LogP contribution in [0.5, 0.6) is 0 Å². The van der Waals surface area contributed by atoms with Gasteiger partial charge in [-0.05, 0) is 37.3 Å². The number of rotatable bonds is 8. The maximum Gasteiger partial charge on any atom is 0.191 e. The van der Waals surface area contributed by atoms with Crippen molar-refractivity contribution in [3.05, 3.63) is 35.1 Å². The van der Waals surface area contributed by atoms with E-state index in [1.165, 1.54) is 6.07 Å². The average Bonchev–Trinajstić information content (AvgIpc) is 2.68. The van der Waals surface area contributed by atoms with Crippen molar-refractivity contribution in [2.24, 2.45) is 10.9 Å². The number of hydrogen-bond donors (Lipinski definition) is 2. The molecule has 1 aliphatic heterocycles. The topological polar surface area (TPSA) is 78.7 Å². The molecule has 0 spiro atoms. The van der Waals surface area contributed by atoms with Crippen LogP contribution in [0.3, 0.4) is 0 Å². The average molecular weight is 362 g/mol. The van der Waals surface area contributed by atoms with Crippen molar-refractivity contribution in [1.29, 1.82) is 5.26 Å². The van der Waals surface area contributed by atoms with Gasteiger partial charge in [-0.15, -0.1) is 0 Å². The number of hydrogen-bond acceptors (Lipinski definition) is 4. The van der Waals surface area contributed by atoms with Crippen LogP contribution in [0.2, 0.25) is 0 Å². The minimum Gasteiger partial charge on any atom is -0.381 e. The summed E-state index contributed by atoms with van der Waals surface area (Å²) in [4.78, 5) is 4.12. The molecule has 7 heteroatoms. The summed E-state index contributed by atoms with van der Waals surface area (Å²) in [7, 11) is 1.67. The second kappa shape index (κ2) is 11.4. The lowest BCUT2D eigenvalue weighted by Crippen LogP contribution is -2.37. The second-order valence-corrected chi connectivity index (χ2v) is 6.25. The quantitative estimate of drug-likeness (QED) is 0.421. The third-order valence-corrected chi connectivity index (χ3v) is 4.30. The largest absolute Gasteiger partial charge is 0.381 e. The lowest BCUT2D eigenvalue weighted by Gasteiger charge is -2.21. The van der Waals surface area contributed by atoms with E-state index >= 15 is 0 Å². The molecule has 1 fully saturated rings. The SMILES string of the molecule is CN=C(NCCCOCC1CCOCC1)NCc1ccc(C#N)cc1F. The molecule has 2 rings (SSSR count). The Kier molecular flexibility index (Phi) is 8.87. The Labute approximate surface area is 154 Å². The standard InChI is InChI=1S/C19H27FN4O2/c1-22-19(24-13-17-4-3-16(12-21)11-18(17)20)23-7-2-8-26-14-15-5-9-25-10-6-15/h3-4,11,15H,2,5-10,13-14H2,1H3,(H2,22,23,24). The van der Waals surface area contributed by atoms with Gasteiger partial charge in [0.15, 0.2) is 5.96 Å². The van der Waals surface area contributed by atoms with E-state index in [0.29, 0.717) is 36.2 Å². The summed E-state index contributed by atoms with van der Waals surface area (Å²) in [6, 6.07) is 6.37. The number of nitriles is 1. The molecule has 0 saturated carbocycles. The van der Waals surface area contributed by atoms with Crippen molar-refractivity contribution in [2.75, 3.05) is 40.0 Å². The molecule has 0 unspecified atom stereocenters. The van der Waals surface area contributed by atoms with E-state index in [1.54, 1.807) is 19.2 Å². The van der Waals surface area contributed by atoms with Crippen molar-refractivity contribution in [1.82, 2.24) is 10.6 Å². The molecule has 6 nitrogen and oxygen atoms in total. The molecule has 1 aromatic carbocycles. The first kappa shape index (κ1) is 20.1. The zero-order valence-corrected chi connectivity index (χ0v) is 15.3. The summed E-state index contributed by atoms with van der Waals surface area (Å²) in [6.45, 7) is 4.22. The number of halogens is 1. The molecule has 0 aromatic heterocycles. The van der Waals surface area contributed by atoms with E-state index in [2.05, 4.69) is 15.6 Å². The third kappa shape index (κ3) is 6.98. The first-order valence-corrected chi connectivity index (χ1v) is 9.01. The maximum atomic E-state index is 13.9. The van der Waals surface area contributed by atoms with E-state index in [-0.39, 0.29) is 0 Å². The van der Waals surface area contributed by atoms with Gasteiger partial charge in [0.25, 0.3) is 0 Å². The Balaban J connectivity index is 1.59. The van der Waals surface area contributed by atoms with Crippen molar-refractivity contribution < 1.29 is 13.9 Å². The van der Waals surface area contributed by atoms with Crippen LogP contribution in [0.1, 0.15) is 30.4 Å². The monoisotopic (exact) mass is 362 g/mol. The van der Waals surface area contributed by atoms with Gasteiger partial charge in [-0.3, -0.25) is 4.99 Å². The van der Waals surface area contributed by atoms with Gasteiger partial charge in [-0.25, -0.2) is 4.39 Å². The Morgan fingerprint density at radius 3 is 2.88 bits per heavy atom. The highest BCUT2D eigenvalue weighted by atomic mass is 19.1. The second-order valence-electron chi connectivity index (χ2n) is 6.25. The van der Waals surface area contributed by atoms with Gasteiger partial charge in [-0.1, -0.05) is 6.07 Å². The summed E-state index contributed by atoms with van der Waals surface area (Å²) in [5, 5.41) is 15.0. The number of aliphatic imine (C=N–C) groups is 1. The van der Waals surface area contributed by atoms with Crippen LogP contribution < -0.4 is 10.6 Å². The molecular weight excluding hydrogens is 335 g/mol. The molecule has 0 atom stereocenters. The molecule has 1 heterocycles. The molecule has 26 heavy (non-hydrogen) atoms. The number of guanidine groups is 1. The van der Waals surface area contributed by atoms with Gasteiger partial charge >= 0.3 is 0 Å². The minimum absolute atomic E-state index is 0.303. The van der Waals surface area contributed by atoms with Crippen molar-refractivity contribution in [3.63, 3.8) is 0 Å². The molecule has 1 saturated heterocycles. The summed E-state index contributed by atoms with van der Waals surface area (Å²) in [5.41, 5.74) is 0.807. The van der Waals surface area contributed by atoms with Crippen LogP contribution in [-0.4, -0.2) is 46.0 Å². The number of ether oxygens (including phenoxy) is 2. The summed E-state index contributed by atoms with van der Waals surface area (Å²) in [5.74, 6) is 0.833. The highest BCUT2D eigenvalue weighted by Crippen LogP contribution is 2.14. The van der Waals surface area contributed by atoms with Crippen LogP contribution in [0.4, 0.5) is 4.39 Å². The molecule has 1 aromatic rings. The lowest BCUT2D eigenvalue weighted by molar-refractivity contribution is 0.0203. The lowest BCUT2D eigenvalue weighted by atomic mass is 10.0. The molecule has 1 aliphatic rings. The Morgan fingerprint density at radius 1 is 1.38 bits per heavy atom. The van der Waals surface area contributed by atoms with Crippen LogP contribution >= 0.6 is 0 Å². The fraction of sp³-hybridized carbons (Fsp3) is 0.579. The summed E-state index contributed by atoms with van der Waals surface area (Å²) in [6.07, 6.45) is 3.04. The summed E-state index contributed by atoms with van der Waals surface area (Å²) >= 11 is 0.